The summed E-state index contributed by atoms with van der Waals surface area (Å²) >= 11 is 0. The second-order valence-corrected chi connectivity index (χ2v) is 6.54. The van der Waals surface area contributed by atoms with Crippen molar-refractivity contribution in [2.45, 2.75) is 40.6 Å². The summed E-state index contributed by atoms with van der Waals surface area (Å²) < 4.78 is 9.26. The molecule has 2 aromatic heterocycles. The molecule has 7 heteroatoms. The molecule has 3 aromatic rings. The topological polar surface area (TPSA) is 65.2 Å². The number of nitrogens with zero attached hydrogens (tertiary/aromatic N) is 5. The minimum absolute atomic E-state index is 0.131. The van der Waals surface area contributed by atoms with E-state index in [-0.39, 0.29) is 12.6 Å². The van der Waals surface area contributed by atoms with E-state index in [1.165, 1.54) is 0 Å². The van der Waals surface area contributed by atoms with Crippen LogP contribution in [0.3, 0.4) is 0 Å². The first kappa shape index (κ1) is 18.7. The SMILES string of the molecule is CCn1cc(CN(C)C(=O)c2ccn(COc3ccccc3C)n2)c(C)n1. The Morgan fingerprint density at radius 2 is 1.93 bits per heavy atom. The van der Waals surface area contributed by atoms with Crippen LogP contribution in [0.5, 0.6) is 5.75 Å². The molecule has 0 N–H and O–H groups in total. The highest BCUT2D eigenvalue weighted by atomic mass is 16.5. The lowest BCUT2D eigenvalue weighted by Crippen LogP contribution is -2.27. The Bertz CT molecular complexity index is 928. The van der Waals surface area contributed by atoms with E-state index < -0.39 is 0 Å². The number of aromatic nitrogens is 4. The molecule has 0 fully saturated rings. The number of aryl methyl sites for hydroxylation is 3. The number of carbonyl (C=O) groups is 1. The average Bonchev–Trinajstić information content (AvgIpc) is 3.27. The molecule has 0 aliphatic carbocycles. The van der Waals surface area contributed by atoms with E-state index in [0.717, 1.165) is 29.1 Å². The second kappa shape index (κ2) is 8.07. The van der Waals surface area contributed by atoms with E-state index in [4.69, 9.17) is 4.74 Å². The van der Waals surface area contributed by atoms with Crippen molar-refractivity contribution < 1.29 is 9.53 Å². The van der Waals surface area contributed by atoms with Gasteiger partial charge in [0.05, 0.1) is 5.69 Å². The van der Waals surface area contributed by atoms with Gasteiger partial charge < -0.3 is 9.64 Å². The smallest absolute Gasteiger partial charge is 0.274 e. The third-order valence-corrected chi connectivity index (χ3v) is 4.43. The molecule has 0 saturated heterocycles. The Kier molecular flexibility index (Phi) is 5.59. The number of para-hydroxylation sites is 1. The predicted molar refractivity (Wildman–Crippen MR) is 102 cm³/mol. The number of rotatable bonds is 7. The molecule has 0 aliphatic rings. The van der Waals surface area contributed by atoms with Gasteiger partial charge in [0.15, 0.2) is 12.4 Å². The molecule has 0 aliphatic heterocycles. The molecule has 2 heterocycles. The Hall–Kier alpha value is -3.09. The highest BCUT2D eigenvalue weighted by Crippen LogP contribution is 2.16. The van der Waals surface area contributed by atoms with Gasteiger partial charge in [-0.2, -0.15) is 10.2 Å². The molecular formula is C20H25N5O2. The van der Waals surface area contributed by atoms with Crippen LogP contribution in [0.2, 0.25) is 0 Å². The fourth-order valence-corrected chi connectivity index (χ4v) is 2.80. The van der Waals surface area contributed by atoms with Crippen LogP contribution in [-0.2, 0) is 19.8 Å². The molecule has 0 atom stereocenters. The van der Waals surface area contributed by atoms with E-state index in [1.807, 2.05) is 55.9 Å². The molecule has 3 rings (SSSR count). The van der Waals surface area contributed by atoms with E-state index in [1.54, 1.807) is 28.9 Å². The molecule has 0 bridgehead atoms. The minimum Gasteiger partial charge on any atom is -0.471 e. The lowest BCUT2D eigenvalue weighted by Gasteiger charge is -2.15. The van der Waals surface area contributed by atoms with Crippen molar-refractivity contribution in [2.75, 3.05) is 7.05 Å². The normalized spacial score (nSPS) is 10.8. The molecule has 1 aromatic carbocycles. The van der Waals surface area contributed by atoms with Gasteiger partial charge in [-0.3, -0.25) is 9.48 Å². The van der Waals surface area contributed by atoms with Gasteiger partial charge >= 0.3 is 0 Å². The Balaban J connectivity index is 1.62. The summed E-state index contributed by atoms with van der Waals surface area (Å²) in [6.07, 6.45) is 3.73. The van der Waals surface area contributed by atoms with Crippen LogP contribution >= 0.6 is 0 Å². The number of hydrogen-bond donors (Lipinski definition) is 0. The summed E-state index contributed by atoms with van der Waals surface area (Å²) in [6, 6.07) is 9.51. The van der Waals surface area contributed by atoms with Crippen molar-refractivity contribution in [1.29, 1.82) is 0 Å². The first-order chi connectivity index (χ1) is 13.0. The van der Waals surface area contributed by atoms with Crippen LogP contribution in [0.15, 0.2) is 42.7 Å². The molecule has 0 saturated carbocycles. The van der Waals surface area contributed by atoms with Crippen LogP contribution in [0.4, 0.5) is 0 Å². The number of benzene rings is 1. The first-order valence-electron chi connectivity index (χ1n) is 8.98. The lowest BCUT2D eigenvalue weighted by atomic mass is 10.2. The largest absolute Gasteiger partial charge is 0.471 e. The zero-order valence-corrected chi connectivity index (χ0v) is 16.2. The summed E-state index contributed by atoms with van der Waals surface area (Å²) in [4.78, 5) is 14.3. The van der Waals surface area contributed by atoms with Gasteiger partial charge in [-0.25, -0.2) is 4.68 Å². The molecule has 1 amide bonds. The van der Waals surface area contributed by atoms with Crippen molar-refractivity contribution >= 4 is 5.91 Å². The van der Waals surface area contributed by atoms with Gasteiger partial charge in [-0.15, -0.1) is 0 Å². The number of carbonyl (C=O) groups excluding carboxylic acids is 1. The summed E-state index contributed by atoms with van der Waals surface area (Å²) in [5.41, 5.74) is 3.43. The van der Waals surface area contributed by atoms with Crippen LogP contribution < -0.4 is 4.74 Å². The fourth-order valence-electron chi connectivity index (χ4n) is 2.80. The van der Waals surface area contributed by atoms with Crippen LogP contribution in [-0.4, -0.2) is 37.4 Å². The summed E-state index contributed by atoms with van der Waals surface area (Å²) in [7, 11) is 1.77. The summed E-state index contributed by atoms with van der Waals surface area (Å²) in [5, 5.41) is 8.76. The number of hydrogen-bond acceptors (Lipinski definition) is 4. The van der Waals surface area contributed by atoms with Crippen LogP contribution in [0, 0.1) is 13.8 Å². The Morgan fingerprint density at radius 1 is 1.15 bits per heavy atom. The maximum absolute atomic E-state index is 12.7. The Morgan fingerprint density at radius 3 is 2.63 bits per heavy atom. The van der Waals surface area contributed by atoms with Gasteiger partial charge in [0.1, 0.15) is 5.75 Å². The third kappa shape index (κ3) is 4.36. The molecule has 0 radical (unpaired) electrons. The Labute approximate surface area is 159 Å². The summed E-state index contributed by atoms with van der Waals surface area (Å²) in [6.45, 7) is 7.55. The monoisotopic (exact) mass is 367 g/mol. The van der Waals surface area contributed by atoms with Crippen molar-refractivity contribution in [2.24, 2.45) is 0 Å². The molecule has 0 spiro atoms. The maximum atomic E-state index is 12.7. The highest BCUT2D eigenvalue weighted by molar-refractivity contribution is 5.91. The standard InChI is InChI=1S/C20H25N5O2/c1-5-24-13-17(16(3)21-24)12-23(4)20(26)18-10-11-25(22-18)14-27-19-9-7-6-8-15(19)2/h6-11,13H,5,12,14H2,1-4H3. The van der Waals surface area contributed by atoms with Crippen LogP contribution in [0.1, 0.15) is 34.2 Å². The zero-order valence-electron chi connectivity index (χ0n) is 16.2. The van der Waals surface area contributed by atoms with E-state index >= 15 is 0 Å². The van der Waals surface area contributed by atoms with E-state index in [9.17, 15) is 4.79 Å². The van der Waals surface area contributed by atoms with Gasteiger partial charge in [-0.05, 0) is 38.5 Å². The number of amides is 1. The molecular weight excluding hydrogens is 342 g/mol. The summed E-state index contributed by atoms with van der Waals surface area (Å²) in [5.74, 6) is 0.676. The van der Waals surface area contributed by atoms with Gasteiger partial charge in [0.25, 0.3) is 5.91 Å². The van der Waals surface area contributed by atoms with E-state index in [0.29, 0.717) is 12.2 Å². The first-order valence-corrected chi connectivity index (χ1v) is 8.98. The number of ether oxygens (including phenoxy) is 1. The van der Waals surface area contributed by atoms with Gasteiger partial charge in [-0.1, -0.05) is 18.2 Å². The molecule has 27 heavy (non-hydrogen) atoms. The zero-order chi connectivity index (χ0) is 19.4. The van der Waals surface area contributed by atoms with Gasteiger partial charge in [0, 0.05) is 38.1 Å². The lowest BCUT2D eigenvalue weighted by molar-refractivity contribution is 0.0777. The second-order valence-electron chi connectivity index (χ2n) is 6.54. The minimum atomic E-state index is -0.131. The third-order valence-electron chi connectivity index (χ3n) is 4.43. The van der Waals surface area contributed by atoms with Crippen molar-refractivity contribution in [3.05, 3.63) is 65.2 Å². The fraction of sp³-hybridized carbons (Fsp3) is 0.350. The quantitative estimate of drug-likeness (QED) is 0.644. The van der Waals surface area contributed by atoms with Crippen LogP contribution in [0.25, 0.3) is 0 Å². The molecule has 142 valence electrons. The van der Waals surface area contributed by atoms with Gasteiger partial charge in [0.2, 0.25) is 0 Å². The van der Waals surface area contributed by atoms with Crippen molar-refractivity contribution in [3.63, 3.8) is 0 Å². The molecule has 7 nitrogen and oxygen atoms in total. The molecule has 0 unspecified atom stereocenters. The average molecular weight is 367 g/mol. The predicted octanol–water partition coefficient (Wildman–Crippen LogP) is 3.03. The van der Waals surface area contributed by atoms with E-state index in [2.05, 4.69) is 10.2 Å². The maximum Gasteiger partial charge on any atom is 0.274 e. The highest BCUT2D eigenvalue weighted by Gasteiger charge is 2.17. The van der Waals surface area contributed by atoms with Crippen molar-refractivity contribution in [1.82, 2.24) is 24.5 Å². The van der Waals surface area contributed by atoms with Crippen molar-refractivity contribution in [3.8, 4) is 5.75 Å².